The molecule has 0 radical (unpaired) electrons. The van der Waals surface area contributed by atoms with Gasteiger partial charge in [0.2, 0.25) is 6.79 Å². The van der Waals surface area contributed by atoms with E-state index in [1.54, 1.807) is 19.9 Å². The van der Waals surface area contributed by atoms with Crippen LogP contribution in [-0.4, -0.2) is 75.0 Å². The summed E-state index contributed by atoms with van der Waals surface area (Å²) in [4.78, 5) is 41.7. The van der Waals surface area contributed by atoms with Crippen LogP contribution in [-0.2, 0) is 19.1 Å². The minimum absolute atomic E-state index is 0.145. The molecule has 0 saturated carbocycles. The third-order valence-corrected chi connectivity index (χ3v) is 7.53. The van der Waals surface area contributed by atoms with E-state index in [1.807, 2.05) is 18.2 Å². The summed E-state index contributed by atoms with van der Waals surface area (Å²) in [5.74, 6) is -0.613. The Morgan fingerprint density at radius 3 is 2.41 bits per heavy atom. The normalized spacial score (nSPS) is 18.7. The van der Waals surface area contributed by atoms with Crippen molar-refractivity contribution in [2.24, 2.45) is 0 Å². The van der Waals surface area contributed by atoms with Crippen molar-refractivity contribution in [2.45, 2.75) is 19.8 Å². The Morgan fingerprint density at radius 2 is 1.71 bits per heavy atom. The standard InChI is InChI=1S/C29H32N4O8/c1-18-25(28(34)38-3)27(20-5-4-6-22(15-20)33(36)37)26(19(2)30-18)29(35)39-14-13-31-9-11-32(12-10-31)21-7-8-23-24(16-21)41-17-40-23/h4-8,15-16,27,30H,9-14,17H2,1-3H3. The number of ether oxygens (including phenoxy) is 4. The summed E-state index contributed by atoms with van der Waals surface area (Å²) in [6.45, 7) is 7.55. The molecular formula is C29H32N4O8. The predicted octanol–water partition coefficient (Wildman–Crippen LogP) is 3.10. The van der Waals surface area contributed by atoms with Crippen LogP contribution in [0.3, 0.4) is 0 Å². The maximum absolute atomic E-state index is 13.5. The van der Waals surface area contributed by atoms with E-state index >= 15 is 0 Å². The first kappa shape index (κ1) is 28.0. The quantitative estimate of drug-likeness (QED) is 0.288. The predicted molar refractivity (Wildman–Crippen MR) is 149 cm³/mol. The number of nitro groups is 1. The molecule has 1 unspecified atom stereocenters. The van der Waals surface area contributed by atoms with E-state index in [9.17, 15) is 19.7 Å². The number of esters is 2. The first-order chi connectivity index (χ1) is 19.8. The average Bonchev–Trinajstić information content (AvgIpc) is 3.45. The number of nitro benzene ring substituents is 1. The number of rotatable bonds is 8. The van der Waals surface area contributed by atoms with E-state index in [1.165, 1.54) is 25.3 Å². The Bertz CT molecular complexity index is 1430. The van der Waals surface area contributed by atoms with Crippen molar-refractivity contribution in [2.75, 3.05) is 58.1 Å². The Kier molecular flexibility index (Phi) is 8.11. The molecule has 5 rings (SSSR count). The van der Waals surface area contributed by atoms with Gasteiger partial charge in [-0.05, 0) is 31.5 Å². The molecule has 0 spiro atoms. The minimum Gasteiger partial charge on any atom is -0.466 e. The Labute approximate surface area is 237 Å². The average molecular weight is 565 g/mol. The van der Waals surface area contributed by atoms with Gasteiger partial charge in [-0.25, -0.2) is 9.59 Å². The Balaban J connectivity index is 1.24. The van der Waals surface area contributed by atoms with E-state index in [2.05, 4.69) is 15.1 Å². The van der Waals surface area contributed by atoms with E-state index in [-0.39, 0.29) is 30.2 Å². The number of nitrogens with one attached hydrogen (secondary N) is 1. The highest BCUT2D eigenvalue weighted by Crippen LogP contribution is 2.40. The molecule has 3 heterocycles. The molecule has 3 aliphatic rings. The first-order valence-electron chi connectivity index (χ1n) is 13.3. The van der Waals surface area contributed by atoms with Crippen LogP contribution in [0.15, 0.2) is 65.0 Å². The molecule has 1 saturated heterocycles. The van der Waals surface area contributed by atoms with Gasteiger partial charge in [0.25, 0.3) is 5.69 Å². The topological polar surface area (TPSA) is 133 Å². The zero-order chi connectivity index (χ0) is 29.1. The van der Waals surface area contributed by atoms with Crippen molar-refractivity contribution >= 4 is 23.3 Å². The maximum atomic E-state index is 13.5. The molecule has 41 heavy (non-hydrogen) atoms. The van der Waals surface area contributed by atoms with E-state index in [4.69, 9.17) is 18.9 Å². The number of fused-ring (bicyclic) bond motifs is 1. The number of nitrogens with zero attached hydrogens (tertiary/aromatic N) is 3. The number of carbonyl (C=O) groups is 2. The summed E-state index contributed by atoms with van der Waals surface area (Å²) < 4.78 is 21.6. The van der Waals surface area contributed by atoms with Crippen molar-refractivity contribution < 1.29 is 33.5 Å². The molecule has 2 aromatic carbocycles. The van der Waals surface area contributed by atoms with Crippen LogP contribution in [0.4, 0.5) is 11.4 Å². The smallest absolute Gasteiger partial charge is 0.336 e. The van der Waals surface area contributed by atoms with Gasteiger partial charge >= 0.3 is 11.9 Å². The van der Waals surface area contributed by atoms with E-state index < -0.39 is 22.8 Å². The summed E-state index contributed by atoms with van der Waals surface area (Å²) in [7, 11) is 1.25. The molecular weight excluding hydrogens is 532 g/mol. The molecule has 0 amide bonds. The van der Waals surface area contributed by atoms with Gasteiger partial charge in [-0.1, -0.05) is 12.1 Å². The highest BCUT2D eigenvalue weighted by Gasteiger charge is 2.38. The van der Waals surface area contributed by atoms with Crippen LogP contribution >= 0.6 is 0 Å². The Hall–Kier alpha value is -4.58. The fraction of sp³-hybridized carbons (Fsp3) is 0.379. The molecule has 1 atom stereocenters. The van der Waals surface area contributed by atoms with Gasteiger partial charge in [0.1, 0.15) is 6.61 Å². The van der Waals surface area contributed by atoms with Crippen molar-refractivity contribution in [3.05, 3.63) is 80.7 Å². The van der Waals surface area contributed by atoms with Crippen molar-refractivity contribution in [1.29, 1.82) is 0 Å². The lowest BCUT2D eigenvalue weighted by atomic mass is 9.80. The molecule has 12 heteroatoms. The number of hydrogen-bond acceptors (Lipinski definition) is 11. The first-order valence-corrected chi connectivity index (χ1v) is 13.3. The fourth-order valence-corrected chi connectivity index (χ4v) is 5.45. The number of benzene rings is 2. The molecule has 0 aromatic heterocycles. The van der Waals surface area contributed by atoms with Gasteiger partial charge < -0.3 is 29.2 Å². The molecule has 0 aliphatic carbocycles. The van der Waals surface area contributed by atoms with Gasteiger partial charge in [-0.2, -0.15) is 0 Å². The monoisotopic (exact) mass is 564 g/mol. The molecule has 1 fully saturated rings. The second-order valence-electron chi connectivity index (χ2n) is 9.98. The maximum Gasteiger partial charge on any atom is 0.336 e. The largest absolute Gasteiger partial charge is 0.466 e. The number of carbonyl (C=O) groups excluding carboxylic acids is 2. The van der Waals surface area contributed by atoms with Crippen LogP contribution in [0.1, 0.15) is 25.3 Å². The number of allylic oxidation sites excluding steroid dienone is 2. The number of piperazine rings is 1. The molecule has 3 aliphatic heterocycles. The molecule has 12 nitrogen and oxygen atoms in total. The van der Waals surface area contributed by atoms with Crippen LogP contribution < -0.4 is 19.7 Å². The van der Waals surface area contributed by atoms with Crippen molar-refractivity contribution in [3.63, 3.8) is 0 Å². The van der Waals surface area contributed by atoms with Crippen molar-refractivity contribution in [3.8, 4) is 11.5 Å². The third kappa shape index (κ3) is 5.82. The van der Waals surface area contributed by atoms with E-state index in [0.29, 0.717) is 23.5 Å². The summed E-state index contributed by atoms with van der Waals surface area (Å²) >= 11 is 0. The van der Waals surface area contributed by atoms with Gasteiger partial charge in [0, 0.05) is 68.0 Å². The second kappa shape index (κ2) is 11.9. The van der Waals surface area contributed by atoms with E-state index in [0.717, 1.165) is 43.4 Å². The zero-order valence-corrected chi connectivity index (χ0v) is 23.2. The van der Waals surface area contributed by atoms with Gasteiger partial charge in [-0.15, -0.1) is 0 Å². The Morgan fingerprint density at radius 1 is 1.00 bits per heavy atom. The molecule has 0 bridgehead atoms. The van der Waals surface area contributed by atoms with Crippen LogP contribution in [0.2, 0.25) is 0 Å². The van der Waals surface area contributed by atoms with Crippen molar-refractivity contribution in [1.82, 2.24) is 10.2 Å². The highest BCUT2D eigenvalue weighted by molar-refractivity contribution is 5.99. The summed E-state index contributed by atoms with van der Waals surface area (Å²) in [6, 6.07) is 11.8. The number of methoxy groups -OCH3 is 1. The lowest BCUT2D eigenvalue weighted by Crippen LogP contribution is -2.47. The van der Waals surface area contributed by atoms with Crippen LogP contribution in [0.5, 0.6) is 11.5 Å². The zero-order valence-electron chi connectivity index (χ0n) is 23.2. The summed E-state index contributed by atoms with van der Waals surface area (Å²) in [5, 5.41) is 14.5. The van der Waals surface area contributed by atoms with Gasteiger partial charge in [0.05, 0.1) is 29.1 Å². The second-order valence-corrected chi connectivity index (χ2v) is 9.98. The highest BCUT2D eigenvalue weighted by atomic mass is 16.7. The molecule has 2 aromatic rings. The number of dihydropyridines is 1. The lowest BCUT2D eigenvalue weighted by Gasteiger charge is -2.36. The molecule has 1 N–H and O–H groups in total. The van der Waals surface area contributed by atoms with Crippen LogP contribution in [0, 0.1) is 10.1 Å². The summed E-state index contributed by atoms with van der Waals surface area (Å²) in [6.07, 6.45) is 0. The SMILES string of the molecule is COC(=O)C1=C(C)NC(C)=C(C(=O)OCCN2CCN(c3ccc4c(c3)OCO4)CC2)C1c1cccc([N+](=O)[O-])c1. The minimum atomic E-state index is -0.888. The number of anilines is 1. The van der Waals surface area contributed by atoms with Gasteiger partial charge in [0.15, 0.2) is 11.5 Å². The van der Waals surface area contributed by atoms with Crippen LogP contribution in [0.25, 0.3) is 0 Å². The third-order valence-electron chi connectivity index (χ3n) is 7.53. The fourth-order valence-electron chi connectivity index (χ4n) is 5.45. The number of hydrogen-bond donors (Lipinski definition) is 1. The number of non-ortho nitro benzene ring substituents is 1. The van der Waals surface area contributed by atoms with Gasteiger partial charge in [-0.3, -0.25) is 15.0 Å². The molecule has 216 valence electrons. The lowest BCUT2D eigenvalue weighted by molar-refractivity contribution is -0.384. The summed E-state index contributed by atoms with van der Waals surface area (Å²) in [5.41, 5.74) is 2.77.